The molecule has 2 N–H and O–H groups in total. The standard InChI is InChI=1S/C13H19NO/c1-13(2)11(12(13)14)8-9-15-10-6-4-3-5-7-10/h3-7,11-12H,8-9,14H2,1-2H3/t11-,12-/m1/s1. The van der Waals surface area contributed by atoms with Crippen molar-refractivity contribution in [1.82, 2.24) is 0 Å². The maximum Gasteiger partial charge on any atom is 0.119 e. The number of hydrogen-bond acceptors (Lipinski definition) is 2. The molecular formula is C13H19NO. The summed E-state index contributed by atoms with van der Waals surface area (Å²) in [6.07, 6.45) is 1.06. The van der Waals surface area contributed by atoms with Crippen LogP contribution in [0.25, 0.3) is 0 Å². The molecule has 2 nitrogen and oxygen atoms in total. The van der Waals surface area contributed by atoms with Crippen LogP contribution in [0, 0.1) is 11.3 Å². The van der Waals surface area contributed by atoms with E-state index in [0.717, 1.165) is 18.8 Å². The third-order valence-corrected chi connectivity index (χ3v) is 3.58. The van der Waals surface area contributed by atoms with Gasteiger partial charge >= 0.3 is 0 Å². The van der Waals surface area contributed by atoms with Crippen molar-refractivity contribution < 1.29 is 4.74 Å². The molecule has 2 heteroatoms. The normalized spacial score (nSPS) is 27.4. The van der Waals surface area contributed by atoms with Crippen LogP contribution in [0.15, 0.2) is 30.3 Å². The van der Waals surface area contributed by atoms with Gasteiger partial charge in [-0.3, -0.25) is 0 Å². The molecule has 0 heterocycles. The zero-order valence-corrected chi connectivity index (χ0v) is 9.44. The lowest BCUT2D eigenvalue weighted by molar-refractivity contribution is 0.293. The highest BCUT2D eigenvalue weighted by molar-refractivity contribution is 5.21. The van der Waals surface area contributed by atoms with E-state index >= 15 is 0 Å². The fraction of sp³-hybridized carbons (Fsp3) is 0.538. The zero-order chi connectivity index (χ0) is 10.9. The van der Waals surface area contributed by atoms with Crippen LogP contribution in [0.3, 0.4) is 0 Å². The van der Waals surface area contributed by atoms with Gasteiger partial charge in [0.05, 0.1) is 6.61 Å². The van der Waals surface area contributed by atoms with Crippen LogP contribution in [0.4, 0.5) is 0 Å². The number of rotatable bonds is 4. The van der Waals surface area contributed by atoms with E-state index in [2.05, 4.69) is 13.8 Å². The van der Waals surface area contributed by atoms with Gasteiger partial charge in [0.15, 0.2) is 0 Å². The molecule has 1 aliphatic carbocycles. The second kappa shape index (κ2) is 3.86. The van der Waals surface area contributed by atoms with Crippen molar-refractivity contribution in [3.8, 4) is 5.75 Å². The molecule has 0 saturated heterocycles. The van der Waals surface area contributed by atoms with E-state index in [1.165, 1.54) is 0 Å². The van der Waals surface area contributed by atoms with E-state index in [4.69, 9.17) is 10.5 Å². The molecule has 1 saturated carbocycles. The molecule has 0 aromatic heterocycles. The number of para-hydroxylation sites is 1. The van der Waals surface area contributed by atoms with Crippen LogP contribution < -0.4 is 10.5 Å². The minimum atomic E-state index is 0.319. The van der Waals surface area contributed by atoms with Gasteiger partial charge in [0.25, 0.3) is 0 Å². The maximum atomic E-state index is 5.97. The Balaban J connectivity index is 1.73. The third-order valence-electron chi connectivity index (χ3n) is 3.58. The van der Waals surface area contributed by atoms with Gasteiger partial charge < -0.3 is 10.5 Å². The van der Waals surface area contributed by atoms with Crippen molar-refractivity contribution in [2.45, 2.75) is 26.3 Å². The monoisotopic (exact) mass is 205 g/mol. The van der Waals surface area contributed by atoms with Crippen LogP contribution in [-0.4, -0.2) is 12.6 Å². The van der Waals surface area contributed by atoms with Crippen molar-refractivity contribution in [2.75, 3.05) is 6.61 Å². The Morgan fingerprint density at radius 2 is 1.87 bits per heavy atom. The summed E-state index contributed by atoms with van der Waals surface area (Å²) in [5.74, 6) is 1.57. The van der Waals surface area contributed by atoms with Gasteiger partial charge in [-0.25, -0.2) is 0 Å². The average molecular weight is 205 g/mol. The third kappa shape index (κ3) is 2.15. The average Bonchev–Trinajstić information content (AvgIpc) is 2.70. The zero-order valence-electron chi connectivity index (χ0n) is 9.44. The van der Waals surface area contributed by atoms with Gasteiger partial charge in [-0.15, -0.1) is 0 Å². The van der Waals surface area contributed by atoms with Gasteiger partial charge in [0.1, 0.15) is 5.75 Å². The summed E-state index contributed by atoms with van der Waals surface area (Å²) in [6.45, 7) is 5.22. The molecule has 2 atom stereocenters. The molecule has 0 spiro atoms. The van der Waals surface area contributed by atoms with Gasteiger partial charge in [0, 0.05) is 6.04 Å². The van der Waals surface area contributed by atoms with Crippen LogP contribution in [0.1, 0.15) is 20.3 Å². The van der Waals surface area contributed by atoms with Crippen LogP contribution >= 0.6 is 0 Å². The molecule has 15 heavy (non-hydrogen) atoms. The van der Waals surface area contributed by atoms with E-state index in [9.17, 15) is 0 Å². The number of benzene rings is 1. The molecule has 0 unspecified atom stereocenters. The summed E-state index contributed by atoms with van der Waals surface area (Å²) in [5, 5.41) is 0. The Morgan fingerprint density at radius 3 is 2.40 bits per heavy atom. The van der Waals surface area contributed by atoms with E-state index in [0.29, 0.717) is 17.4 Å². The summed E-state index contributed by atoms with van der Waals surface area (Å²) in [5.41, 5.74) is 6.29. The summed E-state index contributed by atoms with van der Waals surface area (Å²) in [4.78, 5) is 0. The second-order valence-electron chi connectivity index (χ2n) is 4.90. The first kappa shape index (κ1) is 10.5. The summed E-state index contributed by atoms with van der Waals surface area (Å²) >= 11 is 0. The first-order chi connectivity index (χ1) is 7.12. The molecule has 1 aromatic rings. The van der Waals surface area contributed by atoms with Crippen molar-refractivity contribution >= 4 is 0 Å². The lowest BCUT2D eigenvalue weighted by Gasteiger charge is -2.06. The lowest BCUT2D eigenvalue weighted by Crippen LogP contribution is -2.07. The summed E-state index contributed by atoms with van der Waals surface area (Å²) < 4.78 is 5.64. The first-order valence-corrected chi connectivity index (χ1v) is 5.56. The molecule has 1 aliphatic rings. The fourth-order valence-corrected chi connectivity index (χ4v) is 2.16. The largest absolute Gasteiger partial charge is 0.494 e. The molecule has 0 amide bonds. The smallest absolute Gasteiger partial charge is 0.119 e. The highest BCUT2D eigenvalue weighted by atomic mass is 16.5. The van der Waals surface area contributed by atoms with Crippen molar-refractivity contribution in [3.63, 3.8) is 0 Å². The Bertz CT molecular complexity index is 321. The van der Waals surface area contributed by atoms with Crippen molar-refractivity contribution in [3.05, 3.63) is 30.3 Å². The summed E-state index contributed by atoms with van der Waals surface area (Å²) in [6, 6.07) is 10.3. The molecule has 0 radical (unpaired) electrons. The van der Waals surface area contributed by atoms with Crippen molar-refractivity contribution in [1.29, 1.82) is 0 Å². The molecule has 1 aromatic carbocycles. The number of hydrogen-bond donors (Lipinski definition) is 1. The Morgan fingerprint density at radius 1 is 1.27 bits per heavy atom. The van der Waals surface area contributed by atoms with Gasteiger partial charge in [-0.1, -0.05) is 32.0 Å². The van der Waals surface area contributed by atoms with Crippen LogP contribution in [-0.2, 0) is 0 Å². The molecule has 0 bridgehead atoms. The molecule has 0 aliphatic heterocycles. The quantitative estimate of drug-likeness (QED) is 0.819. The van der Waals surface area contributed by atoms with Crippen molar-refractivity contribution in [2.24, 2.45) is 17.1 Å². The van der Waals surface area contributed by atoms with E-state index in [-0.39, 0.29) is 0 Å². The van der Waals surface area contributed by atoms with E-state index < -0.39 is 0 Å². The maximum absolute atomic E-state index is 5.97. The Hall–Kier alpha value is -1.02. The van der Waals surface area contributed by atoms with E-state index in [1.807, 2.05) is 30.3 Å². The Labute approximate surface area is 91.4 Å². The molecule has 1 fully saturated rings. The highest BCUT2D eigenvalue weighted by Crippen LogP contribution is 2.52. The SMILES string of the molecule is CC1(C)[C@H](N)[C@H]1CCOc1ccccc1. The van der Waals surface area contributed by atoms with Crippen LogP contribution in [0.5, 0.6) is 5.75 Å². The Kier molecular flexibility index (Phi) is 2.70. The van der Waals surface area contributed by atoms with Gasteiger partial charge in [0.2, 0.25) is 0 Å². The van der Waals surface area contributed by atoms with E-state index in [1.54, 1.807) is 0 Å². The minimum Gasteiger partial charge on any atom is -0.494 e. The summed E-state index contributed by atoms with van der Waals surface area (Å²) in [7, 11) is 0. The number of ether oxygens (including phenoxy) is 1. The molecule has 82 valence electrons. The second-order valence-corrected chi connectivity index (χ2v) is 4.90. The predicted octanol–water partition coefficient (Wildman–Crippen LogP) is 2.44. The first-order valence-electron chi connectivity index (χ1n) is 5.56. The van der Waals surface area contributed by atoms with Crippen LogP contribution in [0.2, 0.25) is 0 Å². The molecular weight excluding hydrogens is 186 g/mol. The highest BCUT2D eigenvalue weighted by Gasteiger charge is 2.54. The minimum absolute atomic E-state index is 0.319. The number of nitrogens with two attached hydrogens (primary N) is 1. The van der Waals surface area contributed by atoms with Gasteiger partial charge in [-0.05, 0) is 29.9 Å². The predicted molar refractivity (Wildman–Crippen MR) is 61.8 cm³/mol. The van der Waals surface area contributed by atoms with Gasteiger partial charge in [-0.2, -0.15) is 0 Å². The lowest BCUT2D eigenvalue weighted by atomic mass is 10.1. The fourth-order valence-electron chi connectivity index (χ4n) is 2.16. The topological polar surface area (TPSA) is 35.2 Å². The molecule has 2 rings (SSSR count).